The van der Waals surface area contributed by atoms with Gasteiger partial charge < -0.3 is 10.0 Å². The first kappa shape index (κ1) is 14.1. The number of benzene rings is 1. The average molecular weight is 303 g/mol. The molecular weight excluding hydrogens is 286 g/mol. The fourth-order valence-electron chi connectivity index (χ4n) is 3.00. The summed E-state index contributed by atoms with van der Waals surface area (Å²) < 4.78 is 0.988. The molecule has 2 heterocycles. The lowest BCUT2D eigenvalue weighted by atomic mass is 9.98. The zero-order chi connectivity index (χ0) is 14.8. The van der Waals surface area contributed by atoms with Gasteiger partial charge in [-0.3, -0.25) is 9.59 Å². The number of fused-ring (bicyclic) bond motifs is 1. The van der Waals surface area contributed by atoms with E-state index in [4.69, 9.17) is 5.11 Å². The Morgan fingerprint density at radius 2 is 2.14 bits per heavy atom. The number of hydrogen-bond acceptors (Lipinski definition) is 3. The number of thiophene rings is 1. The maximum Gasteiger partial charge on any atom is 0.305 e. The number of carbonyl (C=O) groups excluding carboxylic acids is 1. The number of likely N-dealkylation sites (tertiary alicyclic amines) is 1. The van der Waals surface area contributed by atoms with Crippen LogP contribution < -0.4 is 0 Å². The molecule has 1 fully saturated rings. The van der Waals surface area contributed by atoms with Crippen molar-refractivity contribution in [1.29, 1.82) is 0 Å². The van der Waals surface area contributed by atoms with Gasteiger partial charge in [0, 0.05) is 17.3 Å². The Balaban J connectivity index is 1.92. The van der Waals surface area contributed by atoms with Crippen LogP contribution in [0.4, 0.5) is 0 Å². The number of amides is 1. The van der Waals surface area contributed by atoms with Gasteiger partial charge in [0.1, 0.15) is 0 Å². The number of rotatable bonds is 3. The van der Waals surface area contributed by atoms with E-state index in [1.54, 1.807) is 16.2 Å². The van der Waals surface area contributed by atoms with Crippen molar-refractivity contribution in [1.82, 2.24) is 4.90 Å². The van der Waals surface area contributed by atoms with Gasteiger partial charge in [0.25, 0.3) is 5.91 Å². The second kappa shape index (κ2) is 5.85. The number of carbonyl (C=O) groups is 2. The number of hydrogen-bond donors (Lipinski definition) is 1. The highest BCUT2D eigenvalue weighted by Gasteiger charge is 2.29. The van der Waals surface area contributed by atoms with Crippen molar-refractivity contribution < 1.29 is 14.7 Å². The van der Waals surface area contributed by atoms with Crippen LogP contribution >= 0.6 is 11.3 Å². The van der Waals surface area contributed by atoms with Gasteiger partial charge in [0.05, 0.1) is 12.0 Å². The summed E-state index contributed by atoms with van der Waals surface area (Å²) in [5, 5.41) is 12.1. The summed E-state index contributed by atoms with van der Waals surface area (Å²) in [5.41, 5.74) is 0.694. The van der Waals surface area contributed by atoms with Crippen LogP contribution in [0.25, 0.3) is 10.1 Å². The van der Waals surface area contributed by atoms with E-state index < -0.39 is 5.97 Å². The van der Waals surface area contributed by atoms with Crippen LogP contribution in [-0.4, -0.2) is 34.5 Å². The van der Waals surface area contributed by atoms with Gasteiger partial charge in [-0.1, -0.05) is 12.1 Å². The first-order valence-corrected chi connectivity index (χ1v) is 8.04. The van der Waals surface area contributed by atoms with Gasteiger partial charge in [0.2, 0.25) is 0 Å². The molecule has 1 N–H and O–H groups in total. The molecular formula is C16H17NO3S. The SMILES string of the molecule is O=C(O)CC1CCCCN1C(=O)c1cccc2ccsc12. The summed E-state index contributed by atoms with van der Waals surface area (Å²) in [4.78, 5) is 25.6. The Morgan fingerprint density at radius 3 is 2.95 bits per heavy atom. The van der Waals surface area contributed by atoms with Crippen LogP contribution in [0.15, 0.2) is 29.6 Å². The molecule has 1 amide bonds. The van der Waals surface area contributed by atoms with Crippen LogP contribution in [0.2, 0.25) is 0 Å². The molecule has 0 aliphatic carbocycles. The molecule has 21 heavy (non-hydrogen) atoms. The second-order valence-corrected chi connectivity index (χ2v) is 6.31. The third-order valence-corrected chi connectivity index (χ3v) is 4.97. The average Bonchev–Trinajstić information content (AvgIpc) is 2.95. The normalized spacial score (nSPS) is 18.9. The van der Waals surface area contributed by atoms with Crippen molar-refractivity contribution in [3.63, 3.8) is 0 Å². The van der Waals surface area contributed by atoms with E-state index in [1.807, 2.05) is 29.6 Å². The predicted molar refractivity (Wildman–Crippen MR) is 82.8 cm³/mol. The summed E-state index contributed by atoms with van der Waals surface area (Å²) >= 11 is 1.56. The molecule has 0 radical (unpaired) electrons. The molecule has 0 spiro atoms. The van der Waals surface area contributed by atoms with Gasteiger partial charge in [-0.25, -0.2) is 0 Å². The number of nitrogens with zero attached hydrogens (tertiary/aromatic N) is 1. The minimum absolute atomic E-state index is 0.0333. The van der Waals surface area contributed by atoms with Crippen LogP contribution in [-0.2, 0) is 4.79 Å². The summed E-state index contributed by atoms with van der Waals surface area (Å²) in [7, 11) is 0. The molecule has 1 aromatic heterocycles. The molecule has 110 valence electrons. The molecule has 1 aliphatic rings. The lowest BCUT2D eigenvalue weighted by molar-refractivity contribution is -0.138. The highest BCUT2D eigenvalue weighted by atomic mass is 32.1. The van der Waals surface area contributed by atoms with E-state index in [0.717, 1.165) is 29.3 Å². The molecule has 2 aromatic rings. The largest absolute Gasteiger partial charge is 0.481 e. The Kier molecular flexibility index (Phi) is 3.92. The van der Waals surface area contributed by atoms with Gasteiger partial charge >= 0.3 is 5.97 Å². The number of piperidine rings is 1. The maximum atomic E-state index is 12.8. The van der Waals surface area contributed by atoms with Crippen molar-refractivity contribution >= 4 is 33.3 Å². The number of carboxylic acid groups (broad SMARTS) is 1. The molecule has 4 nitrogen and oxygen atoms in total. The quantitative estimate of drug-likeness (QED) is 0.945. The third kappa shape index (κ3) is 2.78. The number of carboxylic acids is 1. The summed E-state index contributed by atoms with van der Waals surface area (Å²) in [6.45, 7) is 0.651. The molecule has 1 atom stereocenters. The fourth-order valence-corrected chi connectivity index (χ4v) is 3.90. The highest BCUT2D eigenvalue weighted by molar-refractivity contribution is 7.17. The van der Waals surface area contributed by atoms with Gasteiger partial charge in [-0.15, -0.1) is 11.3 Å². The van der Waals surface area contributed by atoms with E-state index in [9.17, 15) is 9.59 Å². The van der Waals surface area contributed by atoms with E-state index >= 15 is 0 Å². The summed E-state index contributed by atoms with van der Waals surface area (Å²) in [6, 6.07) is 7.54. The van der Waals surface area contributed by atoms with Crippen molar-refractivity contribution in [2.24, 2.45) is 0 Å². The predicted octanol–water partition coefficient (Wildman–Crippen LogP) is 3.37. The van der Waals surface area contributed by atoms with Gasteiger partial charge in [-0.2, -0.15) is 0 Å². The molecule has 3 rings (SSSR count). The standard InChI is InChI=1S/C16H17NO3S/c18-14(19)10-12-5-1-2-8-17(12)16(20)13-6-3-4-11-7-9-21-15(11)13/h3-4,6-7,9,12H,1-2,5,8,10H2,(H,18,19). The minimum Gasteiger partial charge on any atom is -0.481 e. The first-order valence-electron chi connectivity index (χ1n) is 7.16. The van der Waals surface area contributed by atoms with E-state index in [-0.39, 0.29) is 18.4 Å². The first-order chi connectivity index (χ1) is 10.2. The zero-order valence-electron chi connectivity index (χ0n) is 11.6. The monoisotopic (exact) mass is 303 g/mol. The smallest absolute Gasteiger partial charge is 0.305 e. The second-order valence-electron chi connectivity index (χ2n) is 5.39. The molecule has 1 saturated heterocycles. The minimum atomic E-state index is -0.839. The molecule has 0 bridgehead atoms. The lowest BCUT2D eigenvalue weighted by Gasteiger charge is -2.35. The van der Waals surface area contributed by atoms with Crippen LogP contribution in [0.3, 0.4) is 0 Å². The third-order valence-electron chi connectivity index (χ3n) is 4.01. The topological polar surface area (TPSA) is 57.6 Å². The van der Waals surface area contributed by atoms with E-state index in [2.05, 4.69) is 0 Å². The van der Waals surface area contributed by atoms with Crippen LogP contribution in [0.5, 0.6) is 0 Å². The molecule has 1 unspecified atom stereocenters. The molecule has 0 saturated carbocycles. The van der Waals surface area contributed by atoms with E-state index in [1.165, 1.54) is 0 Å². The van der Waals surface area contributed by atoms with E-state index in [0.29, 0.717) is 12.1 Å². The van der Waals surface area contributed by atoms with Gasteiger partial charge in [-0.05, 0) is 42.2 Å². The summed E-state index contributed by atoms with van der Waals surface area (Å²) in [5.74, 6) is -0.872. The Labute approximate surface area is 127 Å². The van der Waals surface area contributed by atoms with Crippen molar-refractivity contribution in [3.8, 4) is 0 Å². The Morgan fingerprint density at radius 1 is 1.29 bits per heavy atom. The molecule has 1 aromatic carbocycles. The van der Waals surface area contributed by atoms with Crippen molar-refractivity contribution in [2.75, 3.05) is 6.54 Å². The van der Waals surface area contributed by atoms with Crippen LogP contribution in [0, 0.1) is 0 Å². The van der Waals surface area contributed by atoms with Crippen molar-refractivity contribution in [3.05, 3.63) is 35.2 Å². The zero-order valence-corrected chi connectivity index (χ0v) is 12.4. The van der Waals surface area contributed by atoms with Gasteiger partial charge in [0.15, 0.2) is 0 Å². The van der Waals surface area contributed by atoms with Crippen LogP contribution in [0.1, 0.15) is 36.0 Å². The highest BCUT2D eigenvalue weighted by Crippen LogP contribution is 2.28. The molecule has 1 aliphatic heterocycles. The number of aliphatic carboxylic acids is 1. The summed E-state index contributed by atoms with van der Waals surface area (Å²) in [6.07, 6.45) is 2.75. The Hall–Kier alpha value is -1.88. The lowest BCUT2D eigenvalue weighted by Crippen LogP contribution is -2.44. The van der Waals surface area contributed by atoms with Crippen molar-refractivity contribution in [2.45, 2.75) is 31.7 Å². The Bertz CT molecular complexity index is 679. The maximum absolute atomic E-state index is 12.8. The molecule has 5 heteroatoms. The fraction of sp³-hybridized carbons (Fsp3) is 0.375.